The number of pyridine rings is 1. The van der Waals surface area contributed by atoms with Crippen molar-refractivity contribution < 1.29 is 0 Å². The number of hydrogen-bond acceptors (Lipinski definition) is 3. The van der Waals surface area contributed by atoms with Gasteiger partial charge in [-0.1, -0.05) is 6.58 Å². The van der Waals surface area contributed by atoms with Gasteiger partial charge in [0.25, 0.3) is 0 Å². The van der Waals surface area contributed by atoms with Crippen LogP contribution in [0.1, 0.15) is 11.3 Å². The quantitative estimate of drug-likeness (QED) is 0.699. The van der Waals surface area contributed by atoms with Gasteiger partial charge in [-0.25, -0.2) is 4.98 Å². The van der Waals surface area contributed by atoms with Gasteiger partial charge in [-0.2, -0.15) is 0 Å². The van der Waals surface area contributed by atoms with Crippen LogP contribution < -0.4 is 11.1 Å². The molecule has 0 amide bonds. The summed E-state index contributed by atoms with van der Waals surface area (Å²) in [6.07, 6.45) is 1.56. The third-order valence-electron chi connectivity index (χ3n) is 1.73. The first-order valence-corrected chi connectivity index (χ1v) is 3.76. The van der Waals surface area contributed by atoms with Crippen LogP contribution in [0.25, 0.3) is 0 Å². The third kappa shape index (κ3) is 1.56. The topological polar surface area (TPSA) is 50.9 Å². The molecule has 1 aromatic rings. The van der Waals surface area contributed by atoms with Crippen LogP contribution in [0.15, 0.2) is 18.8 Å². The Labute approximate surface area is 72.3 Å². The van der Waals surface area contributed by atoms with E-state index in [1.54, 1.807) is 6.20 Å². The molecular formula is C9H13N3. The van der Waals surface area contributed by atoms with Crippen molar-refractivity contribution in [3.05, 3.63) is 30.1 Å². The molecule has 0 saturated heterocycles. The first kappa shape index (κ1) is 8.59. The summed E-state index contributed by atoms with van der Waals surface area (Å²) in [5, 5.41) is 2.87. The van der Waals surface area contributed by atoms with Crippen LogP contribution in [0.2, 0.25) is 0 Å². The van der Waals surface area contributed by atoms with Crippen molar-refractivity contribution >= 4 is 11.5 Å². The van der Waals surface area contributed by atoms with Crippen LogP contribution in [0.4, 0.5) is 11.5 Å². The van der Waals surface area contributed by atoms with Gasteiger partial charge in [0.1, 0.15) is 0 Å². The van der Waals surface area contributed by atoms with Crippen LogP contribution in [0.5, 0.6) is 0 Å². The normalized spacial score (nSPS) is 9.50. The summed E-state index contributed by atoms with van der Waals surface area (Å²) in [6, 6.07) is 1.90. The summed E-state index contributed by atoms with van der Waals surface area (Å²) in [7, 11) is 0. The van der Waals surface area contributed by atoms with Gasteiger partial charge in [-0.05, 0) is 31.7 Å². The van der Waals surface area contributed by atoms with E-state index >= 15 is 0 Å². The number of aryl methyl sites for hydroxylation is 2. The lowest BCUT2D eigenvalue weighted by atomic mass is 10.2. The van der Waals surface area contributed by atoms with Crippen molar-refractivity contribution in [2.24, 2.45) is 0 Å². The average Bonchev–Trinajstić information content (AvgIpc) is 2.01. The number of nitrogens with zero attached hydrogens (tertiary/aromatic N) is 1. The first-order chi connectivity index (χ1) is 5.65. The molecule has 3 heteroatoms. The fraction of sp³-hybridized carbons (Fsp3) is 0.222. The molecule has 0 aromatic carbocycles. The molecule has 0 bridgehead atoms. The van der Waals surface area contributed by atoms with Crippen molar-refractivity contribution in [3.8, 4) is 0 Å². The lowest BCUT2D eigenvalue weighted by molar-refractivity contribution is 1.15. The molecule has 3 nitrogen and oxygen atoms in total. The van der Waals surface area contributed by atoms with Crippen LogP contribution >= 0.6 is 0 Å². The second kappa shape index (κ2) is 3.26. The van der Waals surface area contributed by atoms with E-state index in [1.807, 2.05) is 19.9 Å². The average molecular weight is 163 g/mol. The molecule has 0 radical (unpaired) electrons. The highest BCUT2D eigenvalue weighted by atomic mass is 15.0. The fourth-order valence-electron chi connectivity index (χ4n) is 0.939. The van der Waals surface area contributed by atoms with E-state index in [-0.39, 0.29) is 0 Å². The minimum atomic E-state index is 0.651. The number of rotatable bonds is 2. The van der Waals surface area contributed by atoms with E-state index in [0.29, 0.717) is 11.5 Å². The van der Waals surface area contributed by atoms with Crippen molar-refractivity contribution in [1.82, 2.24) is 4.98 Å². The molecule has 0 aliphatic carbocycles. The third-order valence-corrected chi connectivity index (χ3v) is 1.73. The summed E-state index contributed by atoms with van der Waals surface area (Å²) >= 11 is 0. The largest absolute Gasteiger partial charge is 0.396 e. The number of nitrogen functional groups attached to an aromatic ring is 1. The van der Waals surface area contributed by atoms with Gasteiger partial charge in [0.05, 0.1) is 5.69 Å². The maximum absolute atomic E-state index is 5.70. The molecule has 0 unspecified atom stereocenters. The number of aromatic nitrogens is 1. The van der Waals surface area contributed by atoms with Crippen molar-refractivity contribution in [1.29, 1.82) is 0 Å². The Kier molecular flexibility index (Phi) is 2.33. The minimum Gasteiger partial charge on any atom is -0.396 e. The van der Waals surface area contributed by atoms with Crippen LogP contribution in [-0.4, -0.2) is 4.98 Å². The van der Waals surface area contributed by atoms with Gasteiger partial charge in [0.15, 0.2) is 5.82 Å². The van der Waals surface area contributed by atoms with Gasteiger partial charge in [-0.15, -0.1) is 0 Å². The van der Waals surface area contributed by atoms with Crippen LogP contribution in [0.3, 0.4) is 0 Å². The molecule has 0 fully saturated rings. The van der Waals surface area contributed by atoms with Crippen molar-refractivity contribution in [2.75, 3.05) is 11.1 Å². The molecule has 0 atom stereocenters. The Morgan fingerprint density at radius 3 is 2.83 bits per heavy atom. The molecule has 0 aliphatic rings. The summed E-state index contributed by atoms with van der Waals surface area (Å²) in [5.74, 6) is 0.674. The van der Waals surface area contributed by atoms with E-state index in [1.165, 1.54) is 0 Å². The molecule has 0 aliphatic heterocycles. The summed E-state index contributed by atoms with van der Waals surface area (Å²) < 4.78 is 0. The zero-order valence-electron chi connectivity index (χ0n) is 7.39. The lowest BCUT2D eigenvalue weighted by Crippen LogP contribution is -2.00. The van der Waals surface area contributed by atoms with Gasteiger partial charge < -0.3 is 11.1 Å². The standard InChI is InChI=1S/C9H13N3/c1-4-11-9-8(10)5-6(2)7(3)12-9/h4-5H,1,10H2,2-3H3,(H,11,12). The Balaban J connectivity index is 3.13. The highest BCUT2D eigenvalue weighted by Crippen LogP contribution is 2.18. The number of anilines is 2. The predicted octanol–water partition coefficient (Wildman–Crippen LogP) is 1.84. The smallest absolute Gasteiger partial charge is 0.153 e. The van der Waals surface area contributed by atoms with Gasteiger partial charge in [0.2, 0.25) is 0 Å². The Bertz CT molecular complexity index is 305. The van der Waals surface area contributed by atoms with Gasteiger partial charge in [0, 0.05) is 5.69 Å². The summed E-state index contributed by atoms with van der Waals surface area (Å²) in [5.41, 5.74) is 8.43. The Morgan fingerprint density at radius 2 is 2.25 bits per heavy atom. The predicted molar refractivity (Wildman–Crippen MR) is 51.9 cm³/mol. The monoisotopic (exact) mass is 163 g/mol. The van der Waals surface area contributed by atoms with E-state index in [2.05, 4.69) is 16.9 Å². The molecule has 64 valence electrons. The molecule has 0 saturated carbocycles. The molecule has 12 heavy (non-hydrogen) atoms. The highest BCUT2D eigenvalue weighted by Gasteiger charge is 2.01. The zero-order valence-corrected chi connectivity index (χ0v) is 7.39. The maximum Gasteiger partial charge on any atom is 0.153 e. The molecule has 0 spiro atoms. The Hall–Kier alpha value is -1.51. The maximum atomic E-state index is 5.70. The zero-order chi connectivity index (χ0) is 9.14. The first-order valence-electron chi connectivity index (χ1n) is 3.76. The summed E-state index contributed by atoms with van der Waals surface area (Å²) in [4.78, 5) is 4.25. The molecule has 1 aromatic heterocycles. The highest BCUT2D eigenvalue weighted by molar-refractivity contribution is 5.63. The number of nitrogens with two attached hydrogens (primary N) is 1. The molecule has 1 rings (SSSR count). The SMILES string of the molecule is C=CNc1nc(C)c(C)cc1N. The molecule has 3 N–H and O–H groups in total. The van der Waals surface area contributed by atoms with Gasteiger partial charge >= 0.3 is 0 Å². The lowest BCUT2D eigenvalue weighted by Gasteiger charge is -2.07. The molecule has 1 heterocycles. The minimum absolute atomic E-state index is 0.651. The van der Waals surface area contributed by atoms with E-state index < -0.39 is 0 Å². The van der Waals surface area contributed by atoms with Crippen molar-refractivity contribution in [3.63, 3.8) is 0 Å². The van der Waals surface area contributed by atoms with E-state index in [4.69, 9.17) is 5.73 Å². The summed E-state index contributed by atoms with van der Waals surface area (Å²) in [6.45, 7) is 7.47. The number of hydrogen-bond donors (Lipinski definition) is 2. The molecular weight excluding hydrogens is 150 g/mol. The Morgan fingerprint density at radius 1 is 1.58 bits per heavy atom. The second-order valence-electron chi connectivity index (χ2n) is 2.68. The van der Waals surface area contributed by atoms with E-state index in [9.17, 15) is 0 Å². The van der Waals surface area contributed by atoms with Crippen LogP contribution in [-0.2, 0) is 0 Å². The fourth-order valence-corrected chi connectivity index (χ4v) is 0.939. The van der Waals surface area contributed by atoms with Crippen molar-refractivity contribution in [2.45, 2.75) is 13.8 Å². The van der Waals surface area contributed by atoms with Gasteiger partial charge in [-0.3, -0.25) is 0 Å². The van der Waals surface area contributed by atoms with E-state index in [0.717, 1.165) is 11.3 Å². The van der Waals surface area contributed by atoms with Crippen LogP contribution in [0, 0.1) is 13.8 Å². The number of nitrogens with one attached hydrogen (secondary N) is 1. The second-order valence-corrected chi connectivity index (χ2v) is 2.68.